The van der Waals surface area contributed by atoms with Crippen molar-refractivity contribution in [2.45, 2.75) is 34.1 Å². The molecule has 2 nitrogen and oxygen atoms in total. The Hall–Kier alpha value is -1.18. The Balaban J connectivity index is 3.03. The Morgan fingerprint density at radius 2 is 2.12 bits per heavy atom. The van der Waals surface area contributed by atoms with Gasteiger partial charge in [0.1, 0.15) is 6.29 Å². The molecule has 0 aromatic heterocycles. The fraction of sp³-hybridized carbons (Fsp3) is 0.571. The van der Waals surface area contributed by atoms with Crippen LogP contribution in [-0.4, -0.2) is 12.1 Å². The van der Waals surface area contributed by atoms with Crippen LogP contribution in [0.3, 0.4) is 0 Å². The molecule has 0 heterocycles. The monoisotopic (exact) mass is 220 g/mol. The maximum Gasteiger partial charge on any atom is 0.152 e. The number of hydrogen-bond acceptors (Lipinski definition) is 2. The van der Waals surface area contributed by atoms with E-state index in [1.54, 1.807) is 13.0 Å². The van der Waals surface area contributed by atoms with Crippen molar-refractivity contribution >= 4 is 12.1 Å². The molecule has 1 aliphatic carbocycles. The molecule has 0 spiro atoms. The van der Waals surface area contributed by atoms with E-state index < -0.39 is 0 Å². The Morgan fingerprint density at radius 1 is 1.50 bits per heavy atom. The van der Waals surface area contributed by atoms with Gasteiger partial charge in [-0.2, -0.15) is 0 Å². The fourth-order valence-corrected chi connectivity index (χ4v) is 2.42. The normalized spacial score (nSPS) is 28.9. The van der Waals surface area contributed by atoms with Gasteiger partial charge in [0.05, 0.1) is 0 Å². The summed E-state index contributed by atoms with van der Waals surface area (Å²) in [6, 6.07) is 0. The lowest BCUT2D eigenvalue weighted by atomic mass is 9.63. The lowest BCUT2D eigenvalue weighted by Crippen LogP contribution is -2.36. The smallest absolute Gasteiger partial charge is 0.152 e. The van der Waals surface area contributed by atoms with Gasteiger partial charge in [-0.25, -0.2) is 0 Å². The van der Waals surface area contributed by atoms with E-state index in [1.807, 2.05) is 6.08 Å². The molecule has 0 aromatic rings. The molecule has 0 radical (unpaired) electrons. The summed E-state index contributed by atoms with van der Waals surface area (Å²) in [5.74, 6) is 0.273. The molecule has 0 bridgehead atoms. The highest BCUT2D eigenvalue weighted by atomic mass is 16.1. The average Bonchev–Trinajstić information content (AvgIpc) is 2.16. The zero-order valence-electron chi connectivity index (χ0n) is 10.5. The van der Waals surface area contributed by atoms with Gasteiger partial charge in [-0.15, -0.1) is 0 Å². The van der Waals surface area contributed by atoms with E-state index in [9.17, 15) is 9.59 Å². The first-order valence-corrected chi connectivity index (χ1v) is 5.70. The molecule has 16 heavy (non-hydrogen) atoms. The van der Waals surface area contributed by atoms with E-state index >= 15 is 0 Å². The van der Waals surface area contributed by atoms with Gasteiger partial charge in [0, 0.05) is 11.8 Å². The summed E-state index contributed by atoms with van der Waals surface area (Å²) < 4.78 is 0. The highest BCUT2D eigenvalue weighted by Crippen LogP contribution is 2.44. The van der Waals surface area contributed by atoms with Crippen molar-refractivity contribution < 1.29 is 9.59 Å². The second-order valence-electron chi connectivity index (χ2n) is 5.20. The minimum atomic E-state index is -0.105. The number of hydrogen-bond donors (Lipinski definition) is 0. The SMILES string of the molecule is CC(=O)/C=C/C1C(C)=CCC(C=O)C1(C)C. The third-order valence-electron chi connectivity index (χ3n) is 3.63. The van der Waals surface area contributed by atoms with Gasteiger partial charge >= 0.3 is 0 Å². The molecular weight excluding hydrogens is 200 g/mol. The summed E-state index contributed by atoms with van der Waals surface area (Å²) in [6.07, 6.45) is 7.50. The standard InChI is InChI=1S/C14H20O2/c1-10-5-7-12(9-15)14(3,4)13(10)8-6-11(2)16/h5-6,8-9,12-13H,7H2,1-4H3/b8-6+. The third kappa shape index (κ3) is 2.49. The predicted octanol–water partition coefficient (Wildman–Crippen LogP) is 2.94. The maximum absolute atomic E-state index is 11.0. The topological polar surface area (TPSA) is 34.1 Å². The van der Waals surface area contributed by atoms with Crippen molar-refractivity contribution in [1.29, 1.82) is 0 Å². The molecule has 1 rings (SSSR count). The summed E-state index contributed by atoms with van der Waals surface area (Å²) >= 11 is 0. The summed E-state index contributed by atoms with van der Waals surface area (Å²) in [4.78, 5) is 22.0. The third-order valence-corrected chi connectivity index (χ3v) is 3.63. The molecule has 2 heteroatoms. The van der Waals surface area contributed by atoms with E-state index in [4.69, 9.17) is 0 Å². The van der Waals surface area contributed by atoms with E-state index in [0.717, 1.165) is 12.7 Å². The first kappa shape index (κ1) is 12.9. The minimum Gasteiger partial charge on any atom is -0.303 e. The maximum atomic E-state index is 11.0. The molecule has 1 aliphatic rings. The van der Waals surface area contributed by atoms with Crippen molar-refractivity contribution in [1.82, 2.24) is 0 Å². The molecular formula is C14H20O2. The second kappa shape index (κ2) is 4.77. The molecule has 0 aliphatic heterocycles. The molecule has 2 atom stereocenters. The number of aldehydes is 1. The van der Waals surface area contributed by atoms with Gasteiger partial charge in [-0.1, -0.05) is 31.6 Å². The van der Waals surface area contributed by atoms with Crippen molar-refractivity contribution in [3.8, 4) is 0 Å². The Morgan fingerprint density at radius 3 is 2.62 bits per heavy atom. The van der Waals surface area contributed by atoms with Crippen molar-refractivity contribution in [3.05, 3.63) is 23.8 Å². The highest BCUT2D eigenvalue weighted by molar-refractivity contribution is 5.87. The van der Waals surface area contributed by atoms with Crippen LogP contribution in [0.2, 0.25) is 0 Å². The average molecular weight is 220 g/mol. The Labute approximate surface area is 97.4 Å². The van der Waals surface area contributed by atoms with E-state index in [-0.39, 0.29) is 23.0 Å². The minimum absolute atomic E-state index is 0.0396. The second-order valence-corrected chi connectivity index (χ2v) is 5.20. The van der Waals surface area contributed by atoms with Crippen LogP contribution in [-0.2, 0) is 9.59 Å². The first-order chi connectivity index (χ1) is 7.39. The van der Waals surface area contributed by atoms with Gasteiger partial charge in [0.15, 0.2) is 5.78 Å². The molecule has 2 unspecified atom stereocenters. The van der Waals surface area contributed by atoms with Crippen LogP contribution in [0, 0.1) is 17.3 Å². The van der Waals surface area contributed by atoms with Gasteiger partial charge < -0.3 is 4.79 Å². The fourth-order valence-electron chi connectivity index (χ4n) is 2.42. The lowest BCUT2D eigenvalue weighted by molar-refractivity contribution is -0.115. The highest BCUT2D eigenvalue weighted by Gasteiger charge is 2.38. The van der Waals surface area contributed by atoms with Crippen LogP contribution >= 0.6 is 0 Å². The van der Waals surface area contributed by atoms with E-state index in [2.05, 4.69) is 26.8 Å². The van der Waals surface area contributed by atoms with Crippen LogP contribution in [0.15, 0.2) is 23.8 Å². The summed E-state index contributed by atoms with van der Waals surface area (Å²) in [5.41, 5.74) is 1.15. The van der Waals surface area contributed by atoms with Crippen molar-refractivity contribution in [3.63, 3.8) is 0 Å². The van der Waals surface area contributed by atoms with Gasteiger partial charge in [-0.3, -0.25) is 4.79 Å². The molecule has 0 fully saturated rings. The van der Waals surface area contributed by atoms with Crippen LogP contribution in [0.1, 0.15) is 34.1 Å². The number of rotatable bonds is 3. The molecule has 0 N–H and O–H groups in total. The summed E-state index contributed by atoms with van der Waals surface area (Å²) in [5, 5.41) is 0. The van der Waals surface area contributed by atoms with Crippen LogP contribution in [0.5, 0.6) is 0 Å². The summed E-state index contributed by atoms with van der Waals surface area (Å²) in [7, 11) is 0. The largest absolute Gasteiger partial charge is 0.303 e. The lowest BCUT2D eigenvalue weighted by Gasteiger charge is -2.41. The van der Waals surface area contributed by atoms with Crippen LogP contribution in [0.25, 0.3) is 0 Å². The van der Waals surface area contributed by atoms with E-state index in [1.165, 1.54) is 5.57 Å². The number of allylic oxidation sites excluding steroid dienone is 4. The quantitative estimate of drug-likeness (QED) is 0.416. The number of carbonyl (C=O) groups is 2. The molecule has 0 saturated heterocycles. The summed E-state index contributed by atoms with van der Waals surface area (Å²) in [6.45, 7) is 7.80. The molecule has 0 aromatic carbocycles. The molecule has 88 valence electrons. The van der Waals surface area contributed by atoms with Crippen LogP contribution in [0.4, 0.5) is 0 Å². The van der Waals surface area contributed by atoms with E-state index in [0.29, 0.717) is 0 Å². The zero-order chi connectivity index (χ0) is 12.3. The van der Waals surface area contributed by atoms with Gasteiger partial charge in [0.25, 0.3) is 0 Å². The van der Waals surface area contributed by atoms with Crippen LogP contribution < -0.4 is 0 Å². The molecule has 0 saturated carbocycles. The molecule has 0 amide bonds. The number of ketones is 1. The van der Waals surface area contributed by atoms with Crippen molar-refractivity contribution in [2.24, 2.45) is 17.3 Å². The Kier molecular flexibility index (Phi) is 3.84. The number of carbonyl (C=O) groups excluding carboxylic acids is 2. The van der Waals surface area contributed by atoms with Gasteiger partial charge in [-0.05, 0) is 31.8 Å². The van der Waals surface area contributed by atoms with Gasteiger partial charge in [0.2, 0.25) is 0 Å². The Bertz CT molecular complexity index is 348. The zero-order valence-corrected chi connectivity index (χ0v) is 10.5. The first-order valence-electron chi connectivity index (χ1n) is 5.70. The van der Waals surface area contributed by atoms with Crippen molar-refractivity contribution in [2.75, 3.05) is 0 Å². The predicted molar refractivity (Wildman–Crippen MR) is 65.0 cm³/mol.